The minimum atomic E-state index is -0.133. The van der Waals surface area contributed by atoms with Gasteiger partial charge in [-0.1, -0.05) is 0 Å². The maximum absolute atomic E-state index is 10.9. The van der Waals surface area contributed by atoms with Gasteiger partial charge in [-0.05, 0) is 19.9 Å². The highest BCUT2D eigenvalue weighted by Crippen LogP contribution is 2.17. The molecule has 6 nitrogen and oxygen atoms in total. The van der Waals surface area contributed by atoms with E-state index >= 15 is 0 Å². The molecule has 2 heterocycles. The van der Waals surface area contributed by atoms with Crippen molar-refractivity contribution in [2.45, 2.75) is 25.8 Å². The zero-order valence-electron chi connectivity index (χ0n) is 10.8. The fraction of sp³-hybridized carbons (Fsp3) is 0.583. The van der Waals surface area contributed by atoms with E-state index in [1.54, 1.807) is 12.4 Å². The summed E-state index contributed by atoms with van der Waals surface area (Å²) in [5.74, 6) is 1.24. The maximum atomic E-state index is 10.9. The maximum Gasteiger partial charge on any atom is 0.222 e. The van der Waals surface area contributed by atoms with Crippen LogP contribution in [-0.2, 0) is 4.79 Å². The molecule has 0 spiro atoms. The van der Waals surface area contributed by atoms with Crippen LogP contribution in [0.3, 0.4) is 0 Å². The normalized spacial score (nSPS) is 16.7. The lowest BCUT2D eigenvalue weighted by atomic mass is 10.1. The lowest BCUT2D eigenvalue weighted by Gasteiger charge is -2.32. The highest BCUT2D eigenvalue weighted by Gasteiger charge is 2.18. The largest absolute Gasteiger partial charge is 0.355 e. The van der Waals surface area contributed by atoms with E-state index in [0.29, 0.717) is 11.9 Å². The topological polar surface area (TPSA) is 70.2 Å². The second kappa shape index (κ2) is 5.77. The summed E-state index contributed by atoms with van der Waals surface area (Å²) in [6.07, 6.45) is 5.54. The number of piperidine rings is 1. The van der Waals surface area contributed by atoms with Crippen molar-refractivity contribution in [1.29, 1.82) is 0 Å². The van der Waals surface area contributed by atoms with Gasteiger partial charge in [0.1, 0.15) is 5.82 Å². The number of hydrogen-bond donors (Lipinski definition) is 2. The third kappa shape index (κ3) is 3.16. The van der Waals surface area contributed by atoms with Crippen LogP contribution in [0.5, 0.6) is 0 Å². The fourth-order valence-corrected chi connectivity index (χ4v) is 2.13. The molecule has 1 aromatic rings. The van der Waals surface area contributed by atoms with Crippen molar-refractivity contribution >= 4 is 17.5 Å². The Kier molecular flexibility index (Phi) is 4.09. The zero-order valence-corrected chi connectivity index (χ0v) is 10.8. The van der Waals surface area contributed by atoms with Gasteiger partial charge in [-0.15, -0.1) is 0 Å². The third-order valence-electron chi connectivity index (χ3n) is 3.17. The quantitative estimate of drug-likeness (QED) is 0.822. The average molecular weight is 249 g/mol. The molecule has 1 aromatic heterocycles. The van der Waals surface area contributed by atoms with Gasteiger partial charge in [-0.25, -0.2) is 9.97 Å². The van der Waals surface area contributed by atoms with E-state index in [0.717, 1.165) is 31.7 Å². The first-order valence-electron chi connectivity index (χ1n) is 6.21. The van der Waals surface area contributed by atoms with Crippen LogP contribution >= 0.6 is 0 Å². The number of hydrogen-bond acceptors (Lipinski definition) is 5. The van der Waals surface area contributed by atoms with Gasteiger partial charge >= 0.3 is 0 Å². The second-order valence-corrected chi connectivity index (χ2v) is 4.49. The number of anilines is 2. The summed E-state index contributed by atoms with van der Waals surface area (Å²) < 4.78 is 0. The minimum Gasteiger partial charge on any atom is -0.355 e. The second-order valence-electron chi connectivity index (χ2n) is 4.49. The lowest BCUT2D eigenvalue weighted by Crippen LogP contribution is -2.41. The lowest BCUT2D eigenvalue weighted by molar-refractivity contribution is -0.114. The number of nitrogens with zero attached hydrogens (tertiary/aromatic N) is 3. The summed E-state index contributed by atoms with van der Waals surface area (Å²) in [7, 11) is 2.00. The van der Waals surface area contributed by atoms with Crippen molar-refractivity contribution in [2.75, 3.05) is 30.4 Å². The van der Waals surface area contributed by atoms with Crippen LogP contribution in [0.4, 0.5) is 11.6 Å². The molecule has 98 valence electrons. The summed E-state index contributed by atoms with van der Waals surface area (Å²) in [5.41, 5.74) is 0. The molecule has 18 heavy (non-hydrogen) atoms. The summed E-state index contributed by atoms with van der Waals surface area (Å²) in [6, 6.07) is 0.605. The third-order valence-corrected chi connectivity index (χ3v) is 3.17. The van der Waals surface area contributed by atoms with Crippen molar-refractivity contribution < 1.29 is 4.79 Å². The summed E-state index contributed by atoms with van der Waals surface area (Å²) in [4.78, 5) is 21.6. The van der Waals surface area contributed by atoms with Gasteiger partial charge in [0.25, 0.3) is 0 Å². The van der Waals surface area contributed by atoms with E-state index in [4.69, 9.17) is 0 Å². The summed E-state index contributed by atoms with van der Waals surface area (Å²) in [6.45, 7) is 3.43. The van der Waals surface area contributed by atoms with Gasteiger partial charge in [0.05, 0.1) is 12.4 Å². The van der Waals surface area contributed by atoms with Crippen molar-refractivity contribution in [3.8, 4) is 0 Å². The number of aromatic nitrogens is 2. The van der Waals surface area contributed by atoms with Gasteiger partial charge in [-0.3, -0.25) is 4.79 Å². The van der Waals surface area contributed by atoms with Crippen molar-refractivity contribution in [3.05, 3.63) is 12.4 Å². The van der Waals surface area contributed by atoms with Crippen molar-refractivity contribution in [3.63, 3.8) is 0 Å². The Hall–Kier alpha value is -1.69. The van der Waals surface area contributed by atoms with Crippen LogP contribution in [0.1, 0.15) is 19.8 Å². The SMILES string of the molecule is CNC1CCN(c2cnc(NC(C)=O)cn2)CC1. The molecular formula is C12H19N5O. The Morgan fingerprint density at radius 2 is 2.06 bits per heavy atom. The van der Waals surface area contributed by atoms with Crippen LogP contribution in [0, 0.1) is 0 Å². The first-order chi connectivity index (χ1) is 8.69. The molecule has 1 saturated heterocycles. The number of nitrogens with one attached hydrogen (secondary N) is 2. The number of amides is 1. The van der Waals surface area contributed by atoms with E-state index in [-0.39, 0.29) is 5.91 Å². The molecule has 0 saturated carbocycles. The zero-order chi connectivity index (χ0) is 13.0. The molecule has 0 bridgehead atoms. The first-order valence-corrected chi connectivity index (χ1v) is 6.21. The van der Waals surface area contributed by atoms with E-state index < -0.39 is 0 Å². The van der Waals surface area contributed by atoms with Crippen LogP contribution in [0.2, 0.25) is 0 Å². The van der Waals surface area contributed by atoms with Crippen LogP contribution in [-0.4, -0.2) is 42.1 Å². The smallest absolute Gasteiger partial charge is 0.222 e. The van der Waals surface area contributed by atoms with Gasteiger partial charge < -0.3 is 15.5 Å². The molecule has 0 radical (unpaired) electrons. The Morgan fingerprint density at radius 3 is 2.56 bits per heavy atom. The molecule has 0 aromatic carbocycles. The van der Waals surface area contributed by atoms with E-state index in [9.17, 15) is 4.79 Å². The highest BCUT2D eigenvalue weighted by molar-refractivity contribution is 5.87. The molecule has 0 unspecified atom stereocenters. The molecule has 2 rings (SSSR count). The fourth-order valence-electron chi connectivity index (χ4n) is 2.13. The Balaban J connectivity index is 1.95. The van der Waals surface area contributed by atoms with E-state index in [2.05, 4.69) is 25.5 Å². The predicted molar refractivity (Wildman–Crippen MR) is 70.6 cm³/mol. The molecule has 6 heteroatoms. The summed E-state index contributed by atoms with van der Waals surface area (Å²) >= 11 is 0. The first kappa shape index (κ1) is 12.8. The van der Waals surface area contributed by atoms with Gasteiger partial charge in [0.2, 0.25) is 5.91 Å². The monoisotopic (exact) mass is 249 g/mol. The number of carbonyl (C=O) groups is 1. The van der Waals surface area contributed by atoms with E-state index in [1.807, 2.05) is 7.05 Å². The molecule has 1 aliphatic rings. The highest BCUT2D eigenvalue weighted by atomic mass is 16.1. The molecule has 1 fully saturated rings. The molecule has 0 aliphatic carbocycles. The van der Waals surface area contributed by atoms with Gasteiger partial charge in [0, 0.05) is 26.1 Å². The summed E-state index contributed by atoms with van der Waals surface area (Å²) in [5, 5.41) is 5.91. The molecule has 1 amide bonds. The Morgan fingerprint density at radius 1 is 1.33 bits per heavy atom. The number of carbonyl (C=O) groups excluding carboxylic acids is 1. The average Bonchev–Trinajstić information content (AvgIpc) is 2.39. The van der Waals surface area contributed by atoms with E-state index in [1.165, 1.54) is 6.92 Å². The minimum absolute atomic E-state index is 0.133. The van der Waals surface area contributed by atoms with Crippen molar-refractivity contribution in [1.82, 2.24) is 15.3 Å². The standard InChI is InChI=1S/C12H19N5O/c1-9(18)16-11-7-15-12(8-14-11)17-5-3-10(13-2)4-6-17/h7-8,10,13H,3-6H2,1-2H3,(H,14,16,18). The predicted octanol–water partition coefficient (Wildman–Crippen LogP) is 0.623. The molecule has 1 aliphatic heterocycles. The molecule has 0 atom stereocenters. The van der Waals surface area contributed by atoms with Gasteiger partial charge in [-0.2, -0.15) is 0 Å². The van der Waals surface area contributed by atoms with Gasteiger partial charge in [0.15, 0.2) is 5.82 Å². The van der Waals surface area contributed by atoms with Crippen LogP contribution in [0.25, 0.3) is 0 Å². The van der Waals surface area contributed by atoms with Crippen LogP contribution < -0.4 is 15.5 Å². The van der Waals surface area contributed by atoms with Crippen LogP contribution in [0.15, 0.2) is 12.4 Å². The Labute approximate surface area is 107 Å². The molecule has 2 N–H and O–H groups in total. The van der Waals surface area contributed by atoms with Crippen molar-refractivity contribution in [2.24, 2.45) is 0 Å². The molecular weight excluding hydrogens is 230 g/mol. The number of rotatable bonds is 3. The Bertz CT molecular complexity index is 397.